The van der Waals surface area contributed by atoms with E-state index >= 15 is 0 Å². The van der Waals surface area contributed by atoms with E-state index in [0.29, 0.717) is 24.8 Å². The maximum absolute atomic E-state index is 13.8. The molecule has 2 amide bonds. The lowest BCUT2D eigenvalue weighted by molar-refractivity contribution is -0.240. The van der Waals surface area contributed by atoms with E-state index in [9.17, 15) is 19.8 Å². The summed E-state index contributed by atoms with van der Waals surface area (Å²) in [5.41, 5.74) is -1.75. The van der Waals surface area contributed by atoms with Gasteiger partial charge in [0.25, 0.3) is 0 Å². The number of nitrogens with one attached hydrogen (secondary N) is 1. The van der Waals surface area contributed by atoms with Crippen molar-refractivity contribution >= 4 is 12.0 Å². The fourth-order valence-corrected chi connectivity index (χ4v) is 13.2. The summed E-state index contributed by atoms with van der Waals surface area (Å²) >= 11 is 0. The Bertz CT molecular complexity index is 1270. The van der Waals surface area contributed by atoms with Crippen LogP contribution in [0.3, 0.4) is 0 Å². The topological polar surface area (TPSA) is 108 Å². The summed E-state index contributed by atoms with van der Waals surface area (Å²) in [4.78, 5) is 28.4. The van der Waals surface area contributed by atoms with Crippen LogP contribution in [0.1, 0.15) is 147 Å². The lowest BCUT2D eigenvalue weighted by atomic mass is 9.35. The standard InChI is InChI=1S/C40H68N2O6/c1-34(2,3)48-33(45)42-22-12-13-25(42)32(44)41-29-16-18-37(8)27(35(29,4)5)15-20-38(9)28(37)23-26(43)31-24(14-19-39(31,38)10)40(11)21-17-30(47-40)36(6,7)46/h24-31,43,46H,12-23H2,1-11H3,(H,41,44)/t24-,25-,26+,27-,28+,29-,30+,31-,37-,38+,39+,40-/m0/s1. The number of carbonyl (C=O) groups is 2. The van der Waals surface area contributed by atoms with Gasteiger partial charge >= 0.3 is 6.09 Å². The van der Waals surface area contributed by atoms with Gasteiger partial charge in [-0.3, -0.25) is 9.69 Å². The molecule has 0 spiro atoms. The van der Waals surface area contributed by atoms with Crippen molar-refractivity contribution in [1.82, 2.24) is 10.2 Å². The predicted molar refractivity (Wildman–Crippen MR) is 187 cm³/mol. The molecule has 4 saturated carbocycles. The fraction of sp³-hybridized carbons (Fsp3) is 0.950. The number of aliphatic hydroxyl groups excluding tert-OH is 1. The van der Waals surface area contributed by atoms with Crippen LogP contribution in [0.5, 0.6) is 0 Å². The maximum Gasteiger partial charge on any atom is 0.410 e. The molecular weight excluding hydrogens is 604 g/mol. The molecular formula is C40H68N2O6. The van der Waals surface area contributed by atoms with Crippen molar-refractivity contribution in [3.63, 3.8) is 0 Å². The Morgan fingerprint density at radius 3 is 2.15 bits per heavy atom. The van der Waals surface area contributed by atoms with Crippen LogP contribution in [0.4, 0.5) is 4.79 Å². The largest absolute Gasteiger partial charge is 0.444 e. The molecule has 2 aliphatic heterocycles. The zero-order chi connectivity index (χ0) is 35.5. The van der Waals surface area contributed by atoms with Gasteiger partial charge in [-0.05, 0) is 158 Å². The van der Waals surface area contributed by atoms with E-state index in [0.717, 1.165) is 64.2 Å². The van der Waals surface area contributed by atoms with E-state index in [1.54, 1.807) is 4.90 Å². The molecule has 2 saturated heterocycles. The number of nitrogens with zero attached hydrogens (tertiary/aromatic N) is 1. The lowest BCUT2D eigenvalue weighted by Gasteiger charge is -2.71. The van der Waals surface area contributed by atoms with E-state index in [2.05, 4.69) is 46.9 Å². The number of rotatable bonds is 4. The van der Waals surface area contributed by atoms with E-state index in [4.69, 9.17) is 9.47 Å². The molecule has 0 aromatic heterocycles. The van der Waals surface area contributed by atoms with Crippen LogP contribution in [-0.4, -0.2) is 74.8 Å². The minimum atomic E-state index is -0.866. The molecule has 6 aliphatic rings. The predicted octanol–water partition coefficient (Wildman–Crippen LogP) is 7.24. The first-order chi connectivity index (χ1) is 22.0. The number of hydrogen-bond donors (Lipinski definition) is 3. The van der Waals surface area contributed by atoms with Gasteiger partial charge in [-0.1, -0.05) is 34.6 Å². The van der Waals surface area contributed by atoms with Crippen molar-refractivity contribution < 1.29 is 29.3 Å². The molecule has 0 aromatic rings. The van der Waals surface area contributed by atoms with Gasteiger partial charge in [-0.2, -0.15) is 0 Å². The SMILES string of the molecule is CC(C)(C)OC(=O)N1CCC[C@H]1C(=O)N[C@H]1CC[C@]2(C)[C@H]3C[C@@H](O)[C@@H]4[C@@H]([C@]5(C)CC[C@H](C(C)(C)O)O5)CC[C@@]4(C)[C@]3(C)CC[C@H]2C1(C)C. The molecule has 6 rings (SSSR count). The highest BCUT2D eigenvalue weighted by Crippen LogP contribution is 2.76. The van der Waals surface area contributed by atoms with Gasteiger partial charge in [0.05, 0.1) is 23.4 Å². The van der Waals surface area contributed by atoms with Gasteiger partial charge < -0.3 is 25.0 Å². The second-order valence-electron chi connectivity index (χ2n) is 20.3. The van der Waals surface area contributed by atoms with Gasteiger partial charge in [0, 0.05) is 12.6 Å². The molecule has 48 heavy (non-hydrogen) atoms. The number of aliphatic hydroxyl groups is 2. The van der Waals surface area contributed by atoms with E-state index < -0.39 is 23.3 Å². The Balaban J connectivity index is 1.20. The van der Waals surface area contributed by atoms with Gasteiger partial charge in [0.15, 0.2) is 0 Å². The minimum Gasteiger partial charge on any atom is -0.444 e. The summed E-state index contributed by atoms with van der Waals surface area (Å²) in [6.07, 6.45) is 9.51. The molecule has 3 N–H and O–H groups in total. The summed E-state index contributed by atoms with van der Waals surface area (Å²) in [6, 6.07) is -0.451. The van der Waals surface area contributed by atoms with Crippen molar-refractivity contribution in [3.8, 4) is 0 Å². The Kier molecular flexibility index (Phi) is 8.77. The number of ether oxygens (including phenoxy) is 2. The first-order valence-corrected chi connectivity index (χ1v) is 19.4. The Labute approximate surface area is 290 Å². The van der Waals surface area contributed by atoms with E-state index in [1.807, 2.05) is 34.6 Å². The third-order valence-electron chi connectivity index (χ3n) is 15.8. The molecule has 8 heteroatoms. The highest BCUT2D eigenvalue weighted by Gasteiger charge is 2.72. The molecule has 0 bridgehead atoms. The number of carbonyl (C=O) groups excluding carboxylic acids is 2. The summed E-state index contributed by atoms with van der Waals surface area (Å²) in [6.45, 7) is 24.4. The zero-order valence-corrected chi connectivity index (χ0v) is 32.1. The van der Waals surface area contributed by atoms with E-state index in [-0.39, 0.29) is 63.3 Å². The van der Waals surface area contributed by atoms with Gasteiger partial charge in [0.1, 0.15) is 11.6 Å². The molecule has 4 aliphatic carbocycles. The maximum atomic E-state index is 13.8. The number of amides is 2. The third kappa shape index (κ3) is 5.56. The molecule has 0 unspecified atom stereocenters. The summed E-state index contributed by atoms with van der Waals surface area (Å²) in [5, 5.41) is 26.5. The fourth-order valence-electron chi connectivity index (χ4n) is 13.2. The Morgan fingerprint density at radius 1 is 0.854 bits per heavy atom. The molecule has 2 heterocycles. The highest BCUT2D eigenvalue weighted by molar-refractivity contribution is 5.86. The number of likely N-dealkylation sites (tertiary alicyclic amines) is 1. The average Bonchev–Trinajstić information content (AvgIpc) is 3.69. The smallest absolute Gasteiger partial charge is 0.410 e. The quantitative estimate of drug-likeness (QED) is 0.291. The zero-order valence-electron chi connectivity index (χ0n) is 32.1. The van der Waals surface area contributed by atoms with Gasteiger partial charge in [0.2, 0.25) is 5.91 Å². The molecule has 8 nitrogen and oxygen atoms in total. The first-order valence-electron chi connectivity index (χ1n) is 19.4. The molecule has 12 atom stereocenters. The second-order valence-corrected chi connectivity index (χ2v) is 20.3. The van der Waals surface area contributed by atoms with E-state index in [1.165, 1.54) is 0 Å². The summed E-state index contributed by atoms with van der Waals surface area (Å²) < 4.78 is 12.4. The van der Waals surface area contributed by atoms with Crippen LogP contribution in [0.2, 0.25) is 0 Å². The Morgan fingerprint density at radius 2 is 1.52 bits per heavy atom. The van der Waals surface area contributed by atoms with Crippen molar-refractivity contribution in [1.29, 1.82) is 0 Å². The number of hydrogen-bond acceptors (Lipinski definition) is 6. The highest BCUT2D eigenvalue weighted by atomic mass is 16.6. The van der Waals surface area contributed by atoms with Gasteiger partial charge in [-0.15, -0.1) is 0 Å². The molecule has 0 aromatic carbocycles. The summed E-state index contributed by atoms with van der Waals surface area (Å²) in [7, 11) is 0. The van der Waals surface area contributed by atoms with Crippen LogP contribution < -0.4 is 5.32 Å². The van der Waals surface area contributed by atoms with Crippen LogP contribution >= 0.6 is 0 Å². The Hall–Kier alpha value is -1.38. The summed E-state index contributed by atoms with van der Waals surface area (Å²) in [5.74, 6) is 1.24. The minimum absolute atomic E-state index is 0.00989. The second kappa shape index (κ2) is 11.6. The third-order valence-corrected chi connectivity index (χ3v) is 15.8. The van der Waals surface area contributed by atoms with Crippen LogP contribution in [-0.2, 0) is 14.3 Å². The molecule has 0 radical (unpaired) electrons. The lowest BCUT2D eigenvalue weighted by Crippen LogP contribution is -2.68. The van der Waals surface area contributed by atoms with Gasteiger partial charge in [-0.25, -0.2) is 4.79 Å². The average molecular weight is 673 g/mol. The van der Waals surface area contributed by atoms with Crippen molar-refractivity contribution in [2.45, 2.75) is 188 Å². The van der Waals surface area contributed by atoms with Crippen molar-refractivity contribution in [3.05, 3.63) is 0 Å². The molecule has 274 valence electrons. The molecule has 6 fully saturated rings. The van der Waals surface area contributed by atoms with Crippen molar-refractivity contribution in [2.24, 2.45) is 45.3 Å². The van der Waals surface area contributed by atoms with Crippen molar-refractivity contribution in [2.75, 3.05) is 6.54 Å². The van der Waals surface area contributed by atoms with Crippen LogP contribution in [0.15, 0.2) is 0 Å². The first kappa shape index (κ1) is 36.4. The van der Waals surface area contributed by atoms with Crippen LogP contribution in [0, 0.1) is 45.3 Å². The monoisotopic (exact) mass is 673 g/mol. The van der Waals surface area contributed by atoms with Crippen LogP contribution in [0.25, 0.3) is 0 Å². The normalized spacial score (nSPS) is 47.2. The number of fused-ring (bicyclic) bond motifs is 5.